The van der Waals surface area contributed by atoms with Crippen LogP contribution in [0.5, 0.6) is 0 Å². The quantitative estimate of drug-likeness (QED) is 0.0360. The molecule has 0 saturated carbocycles. The number of carbonyl (C=O) groups excluding carboxylic acids is 16. The van der Waals surface area contributed by atoms with Gasteiger partial charge >= 0.3 is 0 Å². The van der Waals surface area contributed by atoms with E-state index in [9.17, 15) is 76.7 Å². The monoisotopic (exact) mass is 1490 g/mol. The molecule has 108 heavy (non-hydrogen) atoms. The van der Waals surface area contributed by atoms with Gasteiger partial charge in [-0.1, -0.05) is 83.1 Å². The number of benzene rings is 4. The zero-order chi connectivity index (χ0) is 79.5. The normalized spacial score (nSPS) is 22.6. The molecule has 0 unspecified atom stereocenters. The van der Waals surface area contributed by atoms with Gasteiger partial charge < -0.3 is 41.7 Å². The van der Waals surface area contributed by atoms with E-state index in [4.69, 9.17) is 0 Å². The first-order valence-corrected chi connectivity index (χ1v) is 37.8. The highest BCUT2D eigenvalue weighted by atomic mass is 16.2. The number of hydrogen-bond donors (Lipinski definition) is 6. The molecule has 0 aliphatic carbocycles. The lowest BCUT2D eigenvalue weighted by atomic mass is 9.85. The van der Waals surface area contributed by atoms with Crippen molar-refractivity contribution >= 4 is 116 Å². The minimum absolute atomic E-state index is 0.0302. The highest BCUT2D eigenvalue weighted by Gasteiger charge is 2.44. The molecule has 28 nitrogen and oxygen atoms in total. The maximum absolute atomic E-state index is 15.0. The summed E-state index contributed by atoms with van der Waals surface area (Å²) < 4.78 is 0. The molecule has 0 spiro atoms. The Hall–Kier alpha value is -10.3. The first-order valence-electron chi connectivity index (χ1n) is 37.8. The van der Waals surface area contributed by atoms with Crippen molar-refractivity contribution in [1.29, 1.82) is 0 Å². The van der Waals surface area contributed by atoms with Crippen LogP contribution in [0.1, 0.15) is 244 Å². The molecule has 6 N–H and O–H groups in total. The summed E-state index contributed by atoms with van der Waals surface area (Å²) in [5.41, 5.74) is 1.22. The Morgan fingerprint density at radius 3 is 0.731 bits per heavy atom. The van der Waals surface area contributed by atoms with Gasteiger partial charge in [0.25, 0.3) is 47.3 Å². The van der Waals surface area contributed by atoms with E-state index in [1.807, 2.05) is 55.4 Å². The molecule has 28 heteroatoms. The second-order valence-electron chi connectivity index (χ2n) is 32.0. The molecule has 0 aromatic heterocycles. The van der Waals surface area contributed by atoms with Crippen LogP contribution in [0.3, 0.4) is 0 Å². The zero-order valence-corrected chi connectivity index (χ0v) is 64.8. The van der Waals surface area contributed by atoms with Gasteiger partial charge in [-0.15, -0.1) is 0 Å². The van der Waals surface area contributed by atoms with E-state index in [0.717, 1.165) is 29.4 Å². The predicted octanol–water partition coefficient (Wildman–Crippen LogP) is 6.53. The van der Waals surface area contributed by atoms with Gasteiger partial charge in [-0.3, -0.25) is 96.3 Å². The highest BCUT2D eigenvalue weighted by Crippen LogP contribution is 2.40. The molecule has 8 atom stereocenters. The molecule has 580 valence electrons. The lowest BCUT2D eigenvalue weighted by molar-refractivity contribution is -0.143. The van der Waals surface area contributed by atoms with E-state index >= 15 is 0 Å². The van der Waals surface area contributed by atoms with E-state index in [2.05, 4.69) is 31.9 Å². The number of rotatable bonds is 22. The number of carbonyl (C=O) groups is 16. The van der Waals surface area contributed by atoms with Gasteiger partial charge in [0.15, 0.2) is 0 Å². The van der Waals surface area contributed by atoms with Crippen LogP contribution in [0, 0.1) is 35.5 Å². The SMILES string of the molecule is CC(C)C[C@H]1NC(=O)[C@H](C)N(C)C(=O)[C@@H](CC(C)C)NC(=O)[C@H](CCCCN2C(=O)c3ccc4c5c(ccc(c35)C2=O)C(=O)N(CC(C)C)C4=O)NC(=O)[C@@H](CC(C)C)NC(=O)[C@H](C)N(C)C(=O)[C@@H](CC(C)C)NC(=O)[C@H](CCCCN2C(=O)c3ccc4c5c(ccc(c35)C2=O)C(=O)N(CC(C)C)C4=O)NC1=O. The standard InChI is InChI=1S/C80H104N12O16/c1-39(2)33-57-69(97)81-55(21-17-19-31-89-71(99)47-23-27-51-63-52(28-24-48(61(47)63)72(89)100)76(104)91(75(51)103)37-43(9)10)67(95)85-60(36-42(7)8)80(108)88(16)46(14)66(94)84-58(34-40(3)4)70(98)82-56(68(96)86-59(35-41(5)6)79(107)87(15)45(13)65(93)83-57)22-18-20-32-90-73(101)49-25-29-53-64-54(30-26-50(62(49)64)74(90)102)78(106)92(77(53)105)38-44(11)12/h23-30,39-46,55-60H,17-22,31-38H2,1-16H3,(H,81,97)(H,82,98)(H,83,93)(H,84,94)(H,85,95)(H,86,96)/t45-,46-,55-,56-,57+,58+,59+,60+/m0/s1. The molecule has 1 saturated heterocycles. The first-order chi connectivity index (χ1) is 50.8. The molecule has 4 aromatic carbocycles. The maximum Gasteiger partial charge on any atom is 0.261 e. The molecule has 0 bridgehead atoms. The predicted molar refractivity (Wildman–Crippen MR) is 401 cm³/mol. The summed E-state index contributed by atoms with van der Waals surface area (Å²) in [6, 6.07) is 1.08. The van der Waals surface area contributed by atoms with Crippen molar-refractivity contribution in [2.75, 3.05) is 40.3 Å². The molecule has 0 radical (unpaired) electrons. The Kier molecular flexibility index (Phi) is 25.7. The molecule has 5 heterocycles. The van der Waals surface area contributed by atoms with Crippen molar-refractivity contribution in [3.63, 3.8) is 0 Å². The smallest absolute Gasteiger partial charge is 0.261 e. The fourth-order valence-electron chi connectivity index (χ4n) is 14.9. The number of hydrogen-bond acceptors (Lipinski definition) is 16. The zero-order valence-electron chi connectivity index (χ0n) is 64.8. The third-order valence-corrected chi connectivity index (χ3v) is 20.7. The summed E-state index contributed by atoms with van der Waals surface area (Å²) in [4.78, 5) is 238. The van der Waals surface area contributed by atoms with Crippen LogP contribution in [-0.4, -0.2) is 213 Å². The van der Waals surface area contributed by atoms with Crippen molar-refractivity contribution in [2.24, 2.45) is 35.5 Å². The Labute approximate surface area is 629 Å². The van der Waals surface area contributed by atoms with Gasteiger partial charge in [0.05, 0.1) is 0 Å². The van der Waals surface area contributed by atoms with Gasteiger partial charge in [0, 0.05) is 106 Å². The van der Waals surface area contributed by atoms with E-state index in [1.165, 1.54) is 76.5 Å². The fraction of sp³-hybridized carbons (Fsp3) is 0.550. The second-order valence-corrected chi connectivity index (χ2v) is 32.0. The van der Waals surface area contributed by atoms with Crippen molar-refractivity contribution in [1.82, 2.24) is 61.3 Å². The van der Waals surface area contributed by atoms with E-state index in [1.54, 1.807) is 27.7 Å². The highest BCUT2D eigenvalue weighted by molar-refractivity contribution is 6.35. The number of unbranched alkanes of at least 4 members (excludes halogenated alkanes) is 2. The molecular weight excluding hydrogens is 1380 g/mol. The summed E-state index contributed by atoms with van der Waals surface area (Å²) in [6.45, 7) is 24.8. The number of imide groups is 4. The lowest BCUT2D eigenvalue weighted by Crippen LogP contribution is -2.61. The van der Waals surface area contributed by atoms with E-state index < -0.39 is 143 Å². The average Bonchev–Trinajstić information content (AvgIpc) is 0.719. The minimum atomic E-state index is -1.43. The van der Waals surface area contributed by atoms with Crippen LogP contribution < -0.4 is 31.9 Å². The number of nitrogens with one attached hydrogen (secondary N) is 6. The Bertz CT molecular complexity index is 3940. The van der Waals surface area contributed by atoms with Crippen LogP contribution in [0.15, 0.2) is 48.5 Å². The summed E-state index contributed by atoms with van der Waals surface area (Å²) in [5, 5.41) is 17.7. The molecular formula is C80H104N12O16. The summed E-state index contributed by atoms with van der Waals surface area (Å²) in [7, 11) is 2.71. The second kappa shape index (κ2) is 33.9. The Morgan fingerprint density at radius 2 is 0.491 bits per heavy atom. The topological polar surface area (TPSA) is 365 Å². The van der Waals surface area contributed by atoms with Gasteiger partial charge in [-0.2, -0.15) is 0 Å². The largest absolute Gasteiger partial charge is 0.343 e. The molecule has 5 aliphatic heterocycles. The molecule has 16 amide bonds. The van der Waals surface area contributed by atoms with Gasteiger partial charge in [-0.25, -0.2) is 0 Å². The number of likely N-dealkylation sites (N-methyl/N-ethyl adjacent to an activating group) is 2. The van der Waals surface area contributed by atoms with Crippen molar-refractivity contribution in [2.45, 2.75) is 209 Å². The maximum atomic E-state index is 15.0. The third-order valence-electron chi connectivity index (χ3n) is 20.7. The summed E-state index contributed by atoms with van der Waals surface area (Å²) in [6.07, 6.45) is 0.220. The van der Waals surface area contributed by atoms with Crippen LogP contribution in [0.4, 0.5) is 0 Å². The van der Waals surface area contributed by atoms with Crippen molar-refractivity contribution in [3.8, 4) is 0 Å². The van der Waals surface area contributed by atoms with Crippen LogP contribution >= 0.6 is 0 Å². The van der Waals surface area contributed by atoms with Crippen LogP contribution in [0.25, 0.3) is 21.5 Å². The van der Waals surface area contributed by atoms with Gasteiger partial charge in [-0.05, 0) is 162 Å². The Morgan fingerprint density at radius 1 is 0.278 bits per heavy atom. The van der Waals surface area contributed by atoms with Crippen molar-refractivity contribution < 1.29 is 76.7 Å². The average molecular weight is 1490 g/mol. The molecule has 9 rings (SSSR count). The minimum Gasteiger partial charge on any atom is -0.343 e. The summed E-state index contributed by atoms with van der Waals surface area (Å²) in [5.74, 6) is -12.1. The molecule has 5 aliphatic rings. The number of nitrogens with zero attached hydrogens (tertiary/aromatic N) is 6. The third kappa shape index (κ3) is 17.2. The fourth-order valence-corrected chi connectivity index (χ4v) is 14.9. The van der Waals surface area contributed by atoms with E-state index in [-0.39, 0.29) is 192 Å². The molecule has 4 aromatic rings. The van der Waals surface area contributed by atoms with Gasteiger partial charge in [0.1, 0.15) is 48.3 Å². The molecule has 1 fully saturated rings. The number of amides is 16. The first kappa shape index (κ1) is 81.8. The van der Waals surface area contributed by atoms with Crippen LogP contribution in [0.2, 0.25) is 0 Å². The Balaban J connectivity index is 0.964. The van der Waals surface area contributed by atoms with Crippen molar-refractivity contribution in [3.05, 3.63) is 93.0 Å². The van der Waals surface area contributed by atoms with E-state index in [0.29, 0.717) is 0 Å². The van der Waals surface area contributed by atoms with Crippen LogP contribution in [-0.2, 0) is 38.4 Å². The lowest BCUT2D eigenvalue weighted by Gasteiger charge is -2.33. The van der Waals surface area contributed by atoms with Gasteiger partial charge in [0.2, 0.25) is 47.3 Å². The summed E-state index contributed by atoms with van der Waals surface area (Å²) >= 11 is 0.